The lowest BCUT2D eigenvalue weighted by molar-refractivity contribution is -0.385. The van der Waals surface area contributed by atoms with Crippen LogP contribution in [0, 0.1) is 20.2 Å². The summed E-state index contributed by atoms with van der Waals surface area (Å²) in [6.45, 7) is 8.32. The van der Waals surface area contributed by atoms with Crippen LogP contribution >= 0.6 is 0 Å². The van der Waals surface area contributed by atoms with Crippen LogP contribution in [0.1, 0.15) is 33.6 Å². The molecule has 2 aliphatic heterocycles. The predicted molar refractivity (Wildman–Crippen MR) is 135 cm³/mol. The molecule has 200 valence electrons. The molecule has 4 rings (SSSR count). The van der Waals surface area contributed by atoms with Crippen molar-refractivity contribution in [3.63, 3.8) is 0 Å². The van der Waals surface area contributed by atoms with Crippen molar-refractivity contribution in [2.24, 2.45) is 0 Å². The van der Waals surface area contributed by atoms with Crippen LogP contribution in [-0.2, 0) is 4.74 Å². The third kappa shape index (κ3) is 8.90. The highest BCUT2D eigenvalue weighted by atomic mass is 16.6. The first-order valence-corrected chi connectivity index (χ1v) is 12.0. The summed E-state index contributed by atoms with van der Waals surface area (Å²) in [4.78, 5) is 33.7. The largest absolute Gasteiger partial charge is 0.489 e. The molecule has 2 aromatic rings. The highest BCUT2D eigenvalue weighted by molar-refractivity contribution is 5.68. The molecule has 0 aliphatic carbocycles. The first kappa shape index (κ1) is 27.7. The summed E-state index contributed by atoms with van der Waals surface area (Å²) in [5.41, 5.74) is -0.407. The number of nitro benzene ring substituents is 2. The molecule has 0 radical (unpaired) electrons. The number of hydrogen-bond acceptors (Lipinski definition) is 9. The molecule has 2 aromatic carbocycles. The quantitative estimate of drug-likeness (QED) is 0.438. The van der Waals surface area contributed by atoms with E-state index in [0.29, 0.717) is 31.0 Å². The summed E-state index contributed by atoms with van der Waals surface area (Å²) in [6.07, 6.45) is 1.40. The Kier molecular flexibility index (Phi) is 9.23. The first-order valence-electron chi connectivity index (χ1n) is 12.0. The maximum atomic E-state index is 12.0. The molecule has 2 fully saturated rings. The Balaban J connectivity index is 0.000000220. The second-order valence-electron chi connectivity index (χ2n) is 9.69. The molecule has 1 amide bonds. The van der Waals surface area contributed by atoms with Crippen LogP contribution in [0.3, 0.4) is 0 Å². The minimum Gasteiger partial charge on any atom is -0.489 e. The molecule has 12 heteroatoms. The highest BCUT2D eigenvalue weighted by Crippen LogP contribution is 2.23. The van der Waals surface area contributed by atoms with Crippen LogP contribution in [-0.4, -0.2) is 64.8 Å². The van der Waals surface area contributed by atoms with Gasteiger partial charge in [-0.15, -0.1) is 0 Å². The van der Waals surface area contributed by atoms with Crippen LogP contribution in [0.4, 0.5) is 16.2 Å². The molecular weight excluding hydrogens is 484 g/mol. The van der Waals surface area contributed by atoms with Gasteiger partial charge in [0.1, 0.15) is 29.3 Å². The monoisotopic (exact) mass is 516 g/mol. The molecule has 2 saturated heterocycles. The lowest BCUT2D eigenvalue weighted by atomic mass is 10.2. The molecule has 0 aromatic heterocycles. The van der Waals surface area contributed by atoms with Gasteiger partial charge in [0.25, 0.3) is 11.4 Å². The summed E-state index contributed by atoms with van der Waals surface area (Å²) in [6, 6.07) is 12.1. The van der Waals surface area contributed by atoms with Crippen molar-refractivity contribution in [3.8, 4) is 11.5 Å². The van der Waals surface area contributed by atoms with Gasteiger partial charge in [-0.25, -0.2) is 4.79 Å². The van der Waals surface area contributed by atoms with E-state index in [1.807, 2.05) is 20.8 Å². The standard InChI is InChI=1S/C15H20N2O5.C10H12N2O3/c1-15(2,3)22-14(18)16-9-8-13(10-16)21-12-6-4-11(5-7-12)17(19)20;13-12(14)8-1-3-9(4-2-8)15-10-5-6-11-7-10/h4-7,13H,8-10H2,1-3H3;1-4,10-11H,5-7H2. The van der Waals surface area contributed by atoms with E-state index in [1.165, 1.54) is 24.3 Å². The number of nitrogens with one attached hydrogen (secondary N) is 1. The number of nitrogens with zero attached hydrogens (tertiary/aromatic N) is 3. The number of likely N-dealkylation sites (tertiary alicyclic amines) is 1. The van der Waals surface area contributed by atoms with Crippen LogP contribution in [0.5, 0.6) is 11.5 Å². The van der Waals surface area contributed by atoms with Gasteiger partial charge in [-0.1, -0.05) is 0 Å². The molecule has 2 atom stereocenters. The number of rotatable bonds is 6. The van der Waals surface area contributed by atoms with Gasteiger partial charge in [-0.3, -0.25) is 20.2 Å². The molecule has 2 heterocycles. The summed E-state index contributed by atoms with van der Waals surface area (Å²) in [5, 5.41) is 24.2. The van der Waals surface area contributed by atoms with E-state index in [9.17, 15) is 25.0 Å². The lowest BCUT2D eigenvalue weighted by Gasteiger charge is -2.24. The van der Waals surface area contributed by atoms with Gasteiger partial charge in [0.2, 0.25) is 0 Å². The number of carbonyl (C=O) groups excluding carboxylic acids is 1. The number of non-ortho nitro benzene ring substituents is 2. The number of amides is 1. The van der Waals surface area contributed by atoms with Crippen molar-refractivity contribution in [1.82, 2.24) is 10.2 Å². The molecule has 2 unspecified atom stereocenters. The van der Waals surface area contributed by atoms with E-state index in [2.05, 4.69) is 5.32 Å². The molecule has 0 spiro atoms. The van der Waals surface area contributed by atoms with Crippen molar-refractivity contribution >= 4 is 17.5 Å². The van der Waals surface area contributed by atoms with E-state index in [-0.39, 0.29) is 29.7 Å². The molecule has 1 N–H and O–H groups in total. The number of carbonyl (C=O) groups is 1. The van der Waals surface area contributed by atoms with Gasteiger partial charge >= 0.3 is 6.09 Å². The zero-order chi connectivity index (χ0) is 27.0. The Morgan fingerprint density at radius 2 is 1.41 bits per heavy atom. The van der Waals surface area contributed by atoms with Gasteiger partial charge in [-0.05, 0) is 58.0 Å². The van der Waals surface area contributed by atoms with E-state index < -0.39 is 15.4 Å². The fourth-order valence-electron chi connectivity index (χ4n) is 3.72. The molecule has 0 bridgehead atoms. The van der Waals surface area contributed by atoms with Gasteiger partial charge in [0, 0.05) is 43.8 Å². The van der Waals surface area contributed by atoms with Crippen LogP contribution in [0.15, 0.2) is 48.5 Å². The summed E-state index contributed by atoms with van der Waals surface area (Å²) in [5.74, 6) is 1.25. The van der Waals surface area contributed by atoms with Crippen molar-refractivity contribution in [3.05, 3.63) is 68.8 Å². The van der Waals surface area contributed by atoms with Crippen molar-refractivity contribution in [2.45, 2.75) is 51.4 Å². The summed E-state index contributed by atoms with van der Waals surface area (Å²) >= 11 is 0. The normalized spacial score (nSPS) is 18.9. The fraction of sp³-hybridized carbons (Fsp3) is 0.480. The second kappa shape index (κ2) is 12.3. The first-order chi connectivity index (χ1) is 17.5. The number of nitro groups is 2. The fourth-order valence-corrected chi connectivity index (χ4v) is 3.72. The van der Waals surface area contributed by atoms with E-state index in [0.717, 1.165) is 19.5 Å². The van der Waals surface area contributed by atoms with Crippen LogP contribution in [0.25, 0.3) is 0 Å². The third-order valence-corrected chi connectivity index (χ3v) is 5.51. The maximum Gasteiger partial charge on any atom is 0.410 e. The van der Waals surface area contributed by atoms with Gasteiger partial charge in [0.15, 0.2) is 0 Å². The lowest BCUT2D eigenvalue weighted by Crippen LogP contribution is -2.36. The average Bonchev–Trinajstić information content (AvgIpc) is 3.52. The maximum absolute atomic E-state index is 12.0. The third-order valence-electron chi connectivity index (χ3n) is 5.51. The summed E-state index contributed by atoms with van der Waals surface area (Å²) in [7, 11) is 0. The van der Waals surface area contributed by atoms with Crippen LogP contribution in [0.2, 0.25) is 0 Å². The van der Waals surface area contributed by atoms with E-state index in [4.69, 9.17) is 14.2 Å². The smallest absolute Gasteiger partial charge is 0.410 e. The number of benzene rings is 2. The Hall–Kier alpha value is -3.93. The zero-order valence-electron chi connectivity index (χ0n) is 21.1. The molecule has 37 heavy (non-hydrogen) atoms. The minimum atomic E-state index is -0.519. The van der Waals surface area contributed by atoms with Gasteiger partial charge in [-0.2, -0.15) is 0 Å². The average molecular weight is 517 g/mol. The Morgan fingerprint density at radius 3 is 1.84 bits per heavy atom. The number of ether oxygens (including phenoxy) is 3. The minimum absolute atomic E-state index is 0.0224. The Morgan fingerprint density at radius 1 is 0.892 bits per heavy atom. The topological polar surface area (TPSA) is 146 Å². The van der Waals surface area contributed by atoms with E-state index in [1.54, 1.807) is 29.2 Å². The Labute approximate surface area is 214 Å². The predicted octanol–water partition coefficient (Wildman–Crippen LogP) is 4.32. The number of hydrogen-bond donors (Lipinski definition) is 1. The highest BCUT2D eigenvalue weighted by Gasteiger charge is 2.31. The SMILES string of the molecule is CC(C)(C)OC(=O)N1CCC(Oc2ccc([N+](=O)[O-])cc2)C1.O=[N+]([O-])c1ccc(OC2CCNC2)cc1. The van der Waals surface area contributed by atoms with Crippen molar-refractivity contribution in [1.29, 1.82) is 0 Å². The van der Waals surface area contributed by atoms with Gasteiger partial charge < -0.3 is 24.4 Å². The van der Waals surface area contributed by atoms with Crippen molar-refractivity contribution < 1.29 is 28.9 Å². The second-order valence-corrected chi connectivity index (χ2v) is 9.69. The Bertz CT molecular complexity index is 1060. The molecule has 0 saturated carbocycles. The molecule has 12 nitrogen and oxygen atoms in total. The molecule has 2 aliphatic rings. The molecular formula is C25H32N4O8. The van der Waals surface area contributed by atoms with Crippen LogP contribution < -0.4 is 14.8 Å². The zero-order valence-corrected chi connectivity index (χ0v) is 21.1. The van der Waals surface area contributed by atoms with E-state index >= 15 is 0 Å². The summed E-state index contributed by atoms with van der Waals surface area (Å²) < 4.78 is 16.7. The van der Waals surface area contributed by atoms with Gasteiger partial charge in [0.05, 0.1) is 16.4 Å². The van der Waals surface area contributed by atoms with Crippen molar-refractivity contribution in [2.75, 3.05) is 26.2 Å².